The molecule has 140 valence electrons. The lowest BCUT2D eigenvalue weighted by molar-refractivity contribution is -0.128. The number of nitrogens with zero attached hydrogens (tertiary/aromatic N) is 1. The van der Waals surface area contributed by atoms with Gasteiger partial charge in [0, 0.05) is 26.2 Å². The van der Waals surface area contributed by atoms with E-state index in [0.29, 0.717) is 12.5 Å². The first-order chi connectivity index (χ1) is 11.8. The Balaban J connectivity index is 2.83. The van der Waals surface area contributed by atoms with E-state index in [9.17, 15) is 4.79 Å². The second kappa shape index (κ2) is 9.15. The van der Waals surface area contributed by atoms with Gasteiger partial charge in [0.2, 0.25) is 5.91 Å². The molecule has 25 heavy (non-hydrogen) atoms. The van der Waals surface area contributed by atoms with Crippen molar-refractivity contribution in [3.63, 3.8) is 0 Å². The van der Waals surface area contributed by atoms with Crippen LogP contribution in [0.5, 0.6) is 11.5 Å². The Hall–Kier alpha value is -2.44. The van der Waals surface area contributed by atoms with Crippen LogP contribution in [-0.4, -0.2) is 46.7 Å². The molecular weight excluding hydrogens is 320 g/mol. The number of nitrogens with one attached hydrogen (secondary N) is 3. The van der Waals surface area contributed by atoms with Gasteiger partial charge in [-0.25, -0.2) is 0 Å². The minimum atomic E-state index is -0.552. The number of benzene rings is 1. The fourth-order valence-corrected chi connectivity index (χ4v) is 2.38. The number of amides is 1. The Bertz CT molecular complexity index is 614. The molecule has 0 bridgehead atoms. The fourth-order valence-electron chi connectivity index (χ4n) is 2.38. The van der Waals surface area contributed by atoms with Crippen molar-refractivity contribution in [1.82, 2.24) is 16.0 Å². The highest BCUT2D eigenvalue weighted by atomic mass is 16.5. The van der Waals surface area contributed by atoms with E-state index in [4.69, 9.17) is 9.47 Å². The maximum Gasteiger partial charge on any atom is 0.227 e. The van der Waals surface area contributed by atoms with Crippen LogP contribution in [-0.2, 0) is 4.79 Å². The van der Waals surface area contributed by atoms with Crippen molar-refractivity contribution < 1.29 is 14.3 Å². The van der Waals surface area contributed by atoms with Gasteiger partial charge in [0.1, 0.15) is 11.5 Å². The molecular formula is C18H30N4O3. The summed E-state index contributed by atoms with van der Waals surface area (Å²) in [4.78, 5) is 16.1. The Kier molecular flexibility index (Phi) is 7.54. The Morgan fingerprint density at radius 1 is 1.28 bits per heavy atom. The summed E-state index contributed by atoms with van der Waals surface area (Å²) < 4.78 is 10.7. The molecule has 0 heterocycles. The number of hydrogen-bond donors (Lipinski definition) is 3. The second-order valence-electron chi connectivity index (χ2n) is 6.36. The molecule has 1 aromatic rings. The number of methoxy groups -OCH3 is 2. The lowest BCUT2D eigenvalue weighted by Gasteiger charge is -2.26. The van der Waals surface area contributed by atoms with Crippen molar-refractivity contribution >= 4 is 11.9 Å². The van der Waals surface area contributed by atoms with Gasteiger partial charge in [0.25, 0.3) is 0 Å². The van der Waals surface area contributed by atoms with Crippen molar-refractivity contribution in [2.24, 2.45) is 10.4 Å². The maximum absolute atomic E-state index is 11.9. The molecule has 1 aromatic carbocycles. The van der Waals surface area contributed by atoms with Crippen LogP contribution in [0.3, 0.4) is 0 Å². The van der Waals surface area contributed by atoms with Crippen LogP contribution in [0.1, 0.15) is 32.4 Å². The molecule has 0 saturated heterocycles. The normalized spacial score (nSPS) is 13.0. The third kappa shape index (κ3) is 5.55. The summed E-state index contributed by atoms with van der Waals surface area (Å²) in [6.45, 7) is 6.21. The zero-order chi connectivity index (χ0) is 19.0. The highest BCUT2D eigenvalue weighted by Crippen LogP contribution is 2.29. The first kappa shape index (κ1) is 20.6. The zero-order valence-electron chi connectivity index (χ0n) is 16.2. The molecule has 0 fully saturated rings. The second-order valence-corrected chi connectivity index (χ2v) is 6.36. The van der Waals surface area contributed by atoms with Crippen LogP contribution < -0.4 is 25.4 Å². The summed E-state index contributed by atoms with van der Waals surface area (Å²) in [6.07, 6.45) is 0. The molecule has 0 radical (unpaired) electrons. The van der Waals surface area contributed by atoms with Gasteiger partial charge in [-0.1, -0.05) is 0 Å². The van der Waals surface area contributed by atoms with E-state index in [1.54, 1.807) is 28.3 Å². The summed E-state index contributed by atoms with van der Waals surface area (Å²) in [5.74, 6) is 2.10. The molecule has 1 atom stereocenters. The lowest BCUT2D eigenvalue weighted by Crippen LogP contribution is -2.47. The number of carbonyl (C=O) groups is 1. The summed E-state index contributed by atoms with van der Waals surface area (Å²) in [5.41, 5.74) is 0.402. The average Bonchev–Trinajstić information content (AvgIpc) is 2.63. The van der Waals surface area contributed by atoms with E-state index in [2.05, 4.69) is 20.9 Å². The summed E-state index contributed by atoms with van der Waals surface area (Å²) in [6, 6.07) is 5.59. The topological polar surface area (TPSA) is 84.0 Å². The molecule has 1 rings (SSSR count). The molecule has 0 spiro atoms. The van der Waals surface area contributed by atoms with Crippen molar-refractivity contribution in [2.45, 2.75) is 26.8 Å². The van der Waals surface area contributed by atoms with Gasteiger partial charge in [-0.3, -0.25) is 9.79 Å². The van der Waals surface area contributed by atoms with E-state index in [0.717, 1.165) is 17.1 Å². The SMILES string of the molecule is CN=C(NCC(C)(C)C(=O)NC)NC(C)c1cc(OC)ccc1OC. The molecule has 0 aromatic heterocycles. The highest BCUT2D eigenvalue weighted by Gasteiger charge is 2.27. The predicted octanol–water partition coefficient (Wildman–Crippen LogP) is 1.70. The Morgan fingerprint density at radius 3 is 2.48 bits per heavy atom. The van der Waals surface area contributed by atoms with Gasteiger partial charge in [0.15, 0.2) is 5.96 Å². The third-order valence-electron chi connectivity index (χ3n) is 4.02. The molecule has 7 nitrogen and oxygen atoms in total. The van der Waals surface area contributed by atoms with Gasteiger partial charge in [0.05, 0.1) is 25.7 Å². The highest BCUT2D eigenvalue weighted by molar-refractivity contribution is 5.84. The predicted molar refractivity (Wildman–Crippen MR) is 100 cm³/mol. The number of guanidine groups is 1. The number of aliphatic imine (C=N–C) groups is 1. The molecule has 3 N–H and O–H groups in total. The van der Waals surface area contributed by atoms with Crippen LogP contribution in [0.4, 0.5) is 0 Å². The van der Waals surface area contributed by atoms with Crippen LogP contribution in [0, 0.1) is 5.41 Å². The maximum atomic E-state index is 11.9. The smallest absolute Gasteiger partial charge is 0.227 e. The Labute approximate surface area is 150 Å². The van der Waals surface area contributed by atoms with Crippen molar-refractivity contribution in [1.29, 1.82) is 0 Å². The van der Waals surface area contributed by atoms with Crippen LogP contribution >= 0.6 is 0 Å². The summed E-state index contributed by atoms with van der Waals surface area (Å²) >= 11 is 0. The average molecular weight is 350 g/mol. The van der Waals surface area contributed by atoms with Gasteiger partial charge < -0.3 is 25.4 Å². The lowest BCUT2D eigenvalue weighted by atomic mass is 9.92. The zero-order valence-corrected chi connectivity index (χ0v) is 16.2. The first-order valence-corrected chi connectivity index (χ1v) is 8.20. The van der Waals surface area contributed by atoms with Crippen molar-refractivity contribution in [3.05, 3.63) is 23.8 Å². The number of ether oxygens (including phenoxy) is 2. The molecule has 0 aliphatic rings. The van der Waals surface area contributed by atoms with E-state index in [1.807, 2.05) is 39.0 Å². The van der Waals surface area contributed by atoms with E-state index >= 15 is 0 Å². The number of carbonyl (C=O) groups excluding carboxylic acids is 1. The minimum Gasteiger partial charge on any atom is -0.497 e. The van der Waals surface area contributed by atoms with E-state index in [-0.39, 0.29) is 11.9 Å². The van der Waals surface area contributed by atoms with Crippen molar-refractivity contribution in [2.75, 3.05) is 34.9 Å². The first-order valence-electron chi connectivity index (χ1n) is 8.20. The van der Waals surface area contributed by atoms with E-state index < -0.39 is 5.41 Å². The molecule has 1 unspecified atom stereocenters. The fraction of sp³-hybridized carbons (Fsp3) is 0.556. The van der Waals surface area contributed by atoms with Gasteiger partial charge in [-0.2, -0.15) is 0 Å². The van der Waals surface area contributed by atoms with Gasteiger partial charge >= 0.3 is 0 Å². The quantitative estimate of drug-likeness (QED) is 0.515. The van der Waals surface area contributed by atoms with Crippen LogP contribution in [0.15, 0.2) is 23.2 Å². The molecule has 0 saturated carbocycles. The largest absolute Gasteiger partial charge is 0.497 e. The molecule has 1 amide bonds. The number of hydrogen-bond acceptors (Lipinski definition) is 4. The van der Waals surface area contributed by atoms with Crippen LogP contribution in [0.25, 0.3) is 0 Å². The van der Waals surface area contributed by atoms with Crippen molar-refractivity contribution in [3.8, 4) is 11.5 Å². The third-order valence-corrected chi connectivity index (χ3v) is 4.02. The molecule has 0 aliphatic carbocycles. The minimum absolute atomic E-state index is 0.0297. The standard InChI is InChI=1S/C18H30N4O3/c1-12(14-10-13(24-6)8-9-15(14)25-7)22-17(20-5)21-11-18(2,3)16(23)19-4/h8-10,12H,11H2,1-7H3,(H,19,23)(H2,20,21,22). The summed E-state index contributed by atoms with van der Waals surface area (Å²) in [5, 5.41) is 9.18. The Morgan fingerprint density at radius 2 is 1.96 bits per heavy atom. The van der Waals surface area contributed by atoms with E-state index in [1.165, 1.54) is 0 Å². The number of rotatable bonds is 7. The van der Waals surface area contributed by atoms with Gasteiger partial charge in [-0.15, -0.1) is 0 Å². The molecule has 0 aliphatic heterocycles. The van der Waals surface area contributed by atoms with Gasteiger partial charge in [-0.05, 0) is 39.0 Å². The monoisotopic (exact) mass is 350 g/mol. The molecule has 7 heteroatoms. The van der Waals surface area contributed by atoms with Crippen LogP contribution in [0.2, 0.25) is 0 Å². The summed E-state index contributed by atoms with van der Waals surface area (Å²) in [7, 11) is 6.59.